The summed E-state index contributed by atoms with van der Waals surface area (Å²) in [5, 5.41) is 4.60. The van der Waals surface area contributed by atoms with Gasteiger partial charge < -0.3 is 4.57 Å². The maximum absolute atomic E-state index is 12.9. The summed E-state index contributed by atoms with van der Waals surface area (Å²) in [5.74, 6) is -1.01. The first-order valence-electron chi connectivity index (χ1n) is 8.16. The standard InChI is InChI=1S/C20H14Cl2FN3O2/c21-17-8-5-14(10-18(17)22)12-26-9-1-2-16(20(26)28)19(27)25-24-11-13-3-6-15(23)7-4-13/h1-11H,12H2,(H,25,27)/b24-11-. The normalized spacial score (nSPS) is 11.0. The molecule has 1 N–H and O–H groups in total. The number of carbonyl (C=O) groups is 1. The largest absolute Gasteiger partial charge is 0.310 e. The van der Waals surface area contributed by atoms with Crippen LogP contribution in [0.5, 0.6) is 0 Å². The summed E-state index contributed by atoms with van der Waals surface area (Å²) < 4.78 is 14.3. The molecule has 0 saturated heterocycles. The van der Waals surface area contributed by atoms with Crippen LogP contribution >= 0.6 is 23.2 Å². The number of pyridine rings is 1. The van der Waals surface area contributed by atoms with Crippen LogP contribution in [0.3, 0.4) is 0 Å². The molecule has 0 spiro atoms. The number of nitrogens with zero attached hydrogens (tertiary/aromatic N) is 2. The predicted octanol–water partition coefficient (Wildman–Crippen LogP) is 4.11. The second kappa shape index (κ2) is 8.82. The molecule has 0 fully saturated rings. The van der Waals surface area contributed by atoms with Gasteiger partial charge in [0.1, 0.15) is 11.4 Å². The van der Waals surface area contributed by atoms with Gasteiger partial charge in [0.2, 0.25) is 0 Å². The number of aromatic nitrogens is 1. The fourth-order valence-electron chi connectivity index (χ4n) is 2.44. The fourth-order valence-corrected chi connectivity index (χ4v) is 2.76. The van der Waals surface area contributed by atoms with Crippen molar-refractivity contribution in [3.05, 3.63) is 104 Å². The van der Waals surface area contributed by atoms with Crippen LogP contribution in [0.15, 0.2) is 70.7 Å². The number of nitrogens with one attached hydrogen (secondary N) is 1. The Morgan fingerprint density at radius 1 is 1.11 bits per heavy atom. The van der Waals surface area contributed by atoms with E-state index in [2.05, 4.69) is 10.5 Å². The fraction of sp³-hybridized carbons (Fsp3) is 0.0500. The lowest BCUT2D eigenvalue weighted by Gasteiger charge is -2.08. The lowest BCUT2D eigenvalue weighted by molar-refractivity contribution is 0.0953. The summed E-state index contributed by atoms with van der Waals surface area (Å²) in [6.07, 6.45) is 2.93. The van der Waals surface area contributed by atoms with Crippen molar-refractivity contribution >= 4 is 35.3 Å². The Morgan fingerprint density at radius 2 is 1.86 bits per heavy atom. The number of carbonyl (C=O) groups excluding carboxylic acids is 1. The monoisotopic (exact) mass is 417 g/mol. The minimum atomic E-state index is -0.646. The minimum absolute atomic E-state index is 0.0567. The first-order valence-corrected chi connectivity index (χ1v) is 8.92. The van der Waals surface area contributed by atoms with Crippen LogP contribution in [-0.2, 0) is 6.54 Å². The van der Waals surface area contributed by atoms with E-state index in [1.807, 2.05) is 0 Å². The average Bonchev–Trinajstić information content (AvgIpc) is 2.68. The van der Waals surface area contributed by atoms with Crippen molar-refractivity contribution in [1.82, 2.24) is 9.99 Å². The zero-order valence-electron chi connectivity index (χ0n) is 14.4. The smallest absolute Gasteiger partial charge is 0.276 e. The predicted molar refractivity (Wildman–Crippen MR) is 108 cm³/mol. The highest BCUT2D eigenvalue weighted by molar-refractivity contribution is 6.42. The molecule has 0 aliphatic carbocycles. The zero-order chi connectivity index (χ0) is 20.1. The Morgan fingerprint density at radius 3 is 2.57 bits per heavy atom. The summed E-state index contributed by atoms with van der Waals surface area (Å²) >= 11 is 11.9. The quantitative estimate of drug-likeness (QED) is 0.501. The van der Waals surface area contributed by atoms with Crippen LogP contribution in [0.4, 0.5) is 4.39 Å². The number of hydrogen-bond acceptors (Lipinski definition) is 3. The van der Waals surface area contributed by atoms with Gasteiger partial charge >= 0.3 is 0 Å². The molecule has 0 aliphatic heterocycles. The van der Waals surface area contributed by atoms with E-state index < -0.39 is 11.5 Å². The van der Waals surface area contributed by atoms with Crippen molar-refractivity contribution in [1.29, 1.82) is 0 Å². The van der Waals surface area contributed by atoms with Gasteiger partial charge in [-0.25, -0.2) is 9.82 Å². The molecular weight excluding hydrogens is 404 g/mol. The Kier molecular flexibility index (Phi) is 6.23. The molecule has 1 amide bonds. The van der Waals surface area contributed by atoms with Gasteiger partial charge in [-0.3, -0.25) is 9.59 Å². The summed E-state index contributed by atoms with van der Waals surface area (Å²) in [6.45, 7) is 0.232. The molecule has 0 bridgehead atoms. The van der Waals surface area contributed by atoms with Crippen molar-refractivity contribution < 1.29 is 9.18 Å². The zero-order valence-corrected chi connectivity index (χ0v) is 15.9. The van der Waals surface area contributed by atoms with E-state index in [0.717, 1.165) is 5.56 Å². The number of amides is 1. The molecule has 0 saturated carbocycles. The van der Waals surface area contributed by atoms with E-state index in [9.17, 15) is 14.0 Å². The van der Waals surface area contributed by atoms with Crippen LogP contribution in [0.1, 0.15) is 21.5 Å². The molecule has 0 atom stereocenters. The summed E-state index contributed by atoms with van der Waals surface area (Å²) in [4.78, 5) is 24.9. The molecule has 0 aliphatic rings. The van der Waals surface area contributed by atoms with E-state index in [-0.39, 0.29) is 17.9 Å². The Bertz CT molecular complexity index is 1100. The third-order valence-corrected chi connectivity index (χ3v) is 4.59. The maximum Gasteiger partial charge on any atom is 0.276 e. The number of hydrogen-bond donors (Lipinski definition) is 1. The van der Waals surface area contributed by atoms with E-state index in [0.29, 0.717) is 15.6 Å². The molecule has 1 heterocycles. The van der Waals surface area contributed by atoms with Gasteiger partial charge in [-0.1, -0.05) is 41.4 Å². The molecule has 1 aromatic heterocycles. The molecule has 5 nitrogen and oxygen atoms in total. The van der Waals surface area contributed by atoms with Crippen molar-refractivity contribution in [2.75, 3.05) is 0 Å². The molecular formula is C20H14Cl2FN3O2. The second-order valence-corrected chi connectivity index (χ2v) is 6.67. The minimum Gasteiger partial charge on any atom is -0.310 e. The third-order valence-electron chi connectivity index (χ3n) is 3.85. The molecule has 28 heavy (non-hydrogen) atoms. The van der Waals surface area contributed by atoms with Gasteiger partial charge in [0.15, 0.2) is 0 Å². The van der Waals surface area contributed by atoms with Crippen LogP contribution in [0.2, 0.25) is 10.0 Å². The lowest BCUT2D eigenvalue weighted by Crippen LogP contribution is -2.30. The number of benzene rings is 2. The summed E-state index contributed by atoms with van der Waals surface area (Å²) in [6, 6.07) is 13.6. The molecule has 3 rings (SSSR count). The molecule has 3 aromatic rings. The molecule has 0 unspecified atom stereocenters. The molecule has 2 aromatic carbocycles. The Balaban J connectivity index is 1.74. The second-order valence-electron chi connectivity index (χ2n) is 5.85. The highest BCUT2D eigenvalue weighted by atomic mass is 35.5. The van der Waals surface area contributed by atoms with Crippen molar-refractivity contribution in [2.24, 2.45) is 5.10 Å². The van der Waals surface area contributed by atoms with E-state index in [4.69, 9.17) is 23.2 Å². The lowest BCUT2D eigenvalue weighted by atomic mass is 10.2. The van der Waals surface area contributed by atoms with Crippen molar-refractivity contribution in [3.8, 4) is 0 Å². The van der Waals surface area contributed by atoms with E-state index >= 15 is 0 Å². The van der Waals surface area contributed by atoms with Gasteiger partial charge in [0.05, 0.1) is 22.8 Å². The van der Waals surface area contributed by atoms with Gasteiger partial charge in [-0.05, 0) is 47.5 Å². The number of halogens is 3. The first kappa shape index (κ1) is 19.8. The molecule has 0 radical (unpaired) electrons. The summed E-state index contributed by atoms with van der Waals surface area (Å²) in [7, 11) is 0. The highest BCUT2D eigenvalue weighted by Gasteiger charge is 2.12. The molecule has 8 heteroatoms. The van der Waals surface area contributed by atoms with E-state index in [1.165, 1.54) is 41.1 Å². The topological polar surface area (TPSA) is 63.5 Å². The Labute approximate surface area is 170 Å². The van der Waals surface area contributed by atoms with Crippen LogP contribution in [-0.4, -0.2) is 16.7 Å². The number of rotatable bonds is 5. The maximum atomic E-state index is 12.9. The van der Waals surface area contributed by atoms with Crippen LogP contribution in [0, 0.1) is 5.82 Å². The van der Waals surface area contributed by atoms with Gasteiger partial charge in [0, 0.05) is 6.20 Å². The highest BCUT2D eigenvalue weighted by Crippen LogP contribution is 2.22. The SMILES string of the molecule is O=C(N/N=C\c1ccc(F)cc1)c1cccn(Cc2ccc(Cl)c(Cl)c2)c1=O. The number of hydrazone groups is 1. The van der Waals surface area contributed by atoms with Gasteiger partial charge in [-0.2, -0.15) is 5.10 Å². The average molecular weight is 418 g/mol. The van der Waals surface area contributed by atoms with Gasteiger partial charge in [0.25, 0.3) is 11.5 Å². The van der Waals surface area contributed by atoms with Crippen LogP contribution < -0.4 is 11.0 Å². The van der Waals surface area contributed by atoms with Gasteiger partial charge in [-0.15, -0.1) is 0 Å². The van der Waals surface area contributed by atoms with Crippen molar-refractivity contribution in [3.63, 3.8) is 0 Å². The third kappa shape index (κ3) is 4.85. The first-order chi connectivity index (χ1) is 13.4. The summed E-state index contributed by atoms with van der Waals surface area (Å²) in [5.41, 5.74) is 3.14. The molecule has 142 valence electrons. The van der Waals surface area contributed by atoms with Crippen LogP contribution in [0.25, 0.3) is 0 Å². The Hall–Kier alpha value is -2.96. The van der Waals surface area contributed by atoms with Crippen molar-refractivity contribution in [2.45, 2.75) is 6.54 Å². The van der Waals surface area contributed by atoms with E-state index in [1.54, 1.807) is 30.5 Å².